The van der Waals surface area contributed by atoms with Crippen molar-refractivity contribution >= 4 is 7.60 Å². The van der Waals surface area contributed by atoms with Crippen molar-refractivity contribution in [3.8, 4) is 0 Å². The van der Waals surface area contributed by atoms with Crippen LogP contribution in [0.4, 0.5) is 8.78 Å². The Morgan fingerprint density at radius 3 is 2.17 bits per heavy atom. The second-order valence-corrected chi connectivity index (χ2v) is 8.21. The van der Waals surface area contributed by atoms with Gasteiger partial charge in [0.05, 0.1) is 25.7 Å². The second-order valence-electron chi connectivity index (χ2n) is 6.05. The van der Waals surface area contributed by atoms with Gasteiger partial charge in [0.15, 0.2) is 12.1 Å². The number of halogens is 2. The fourth-order valence-corrected chi connectivity index (χ4v) is 4.45. The van der Waals surface area contributed by atoms with Gasteiger partial charge >= 0.3 is 13.3 Å². The van der Waals surface area contributed by atoms with Crippen molar-refractivity contribution in [2.75, 3.05) is 20.3 Å². The molecular formula is C14H25F2O7P. The fraction of sp³-hybridized carbons (Fsp3) is 1.00. The Morgan fingerprint density at radius 1 is 1.12 bits per heavy atom. The van der Waals surface area contributed by atoms with Gasteiger partial charge in [-0.1, -0.05) is 0 Å². The normalized spacial score (nSPS) is 33.0. The minimum absolute atomic E-state index is 0.155. The minimum atomic E-state index is -4.62. The summed E-state index contributed by atoms with van der Waals surface area (Å²) < 4.78 is 73.2. The number of methoxy groups -OCH3 is 1. The molecule has 2 fully saturated rings. The van der Waals surface area contributed by atoms with E-state index in [-0.39, 0.29) is 13.2 Å². The maximum absolute atomic E-state index is 14.6. The zero-order valence-corrected chi connectivity index (χ0v) is 15.4. The van der Waals surface area contributed by atoms with E-state index in [0.717, 1.165) is 0 Å². The summed E-state index contributed by atoms with van der Waals surface area (Å²) in [5.41, 5.74) is -3.73. The van der Waals surface area contributed by atoms with E-state index >= 15 is 0 Å². The molecule has 0 N–H and O–H groups in total. The van der Waals surface area contributed by atoms with Gasteiger partial charge in [0.25, 0.3) is 0 Å². The Bertz CT molecular complexity index is 478. The predicted octanol–water partition coefficient (Wildman–Crippen LogP) is 3.13. The Kier molecular flexibility index (Phi) is 6.07. The van der Waals surface area contributed by atoms with E-state index in [4.69, 9.17) is 28.0 Å². The molecule has 0 aromatic carbocycles. The molecule has 0 bridgehead atoms. The molecule has 0 radical (unpaired) electrons. The Labute approximate surface area is 140 Å². The molecule has 2 aliphatic heterocycles. The lowest BCUT2D eigenvalue weighted by Gasteiger charge is -2.29. The Hall–Kier alpha value is -0.150. The molecule has 2 aliphatic rings. The zero-order valence-electron chi connectivity index (χ0n) is 14.5. The van der Waals surface area contributed by atoms with Crippen molar-refractivity contribution < 1.29 is 41.3 Å². The van der Waals surface area contributed by atoms with E-state index in [0.29, 0.717) is 0 Å². The van der Waals surface area contributed by atoms with Gasteiger partial charge in [-0.25, -0.2) is 0 Å². The second kappa shape index (κ2) is 7.23. The topological polar surface area (TPSA) is 72.5 Å². The van der Waals surface area contributed by atoms with Crippen LogP contribution in [0.2, 0.25) is 0 Å². The van der Waals surface area contributed by atoms with Gasteiger partial charge < -0.3 is 28.0 Å². The molecular weight excluding hydrogens is 349 g/mol. The van der Waals surface area contributed by atoms with Crippen LogP contribution in [0.3, 0.4) is 0 Å². The number of alkyl halides is 2. The number of ether oxygens (including phenoxy) is 4. The van der Waals surface area contributed by atoms with Crippen molar-refractivity contribution in [1.82, 2.24) is 0 Å². The van der Waals surface area contributed by atoms with Crippen LogP contribution in [0.25, 0.3) is 0 Å². The standard InChI is InChI=1S/C14H25F2O7P/c1-6-19-24(17,20-7-2)14(15,16)8-9-10-11(12(18-5)21-9)23-13(3,4)22-10/h9-12H,6-8H2,1-5H3/t9-,10-,11-,12-/m1/s1. The smallest absolute Gasteiger partial charge is 0.353 e. The van der Waals surface area contributed by atoms with Gasteiger partial charge in [0.1, 0.15) is 12.2 Å². The molecule has 0 aliphatic carbocycles. The summed E-state index contributed by atoms with van der Waals surface area (Å²) in [6.45, 7) is 6.00. The van der Waals surface area contributed by atoms with Crippen LogP contribution in [-0.2, 0) is 32.6 Å². The first-order valence-electron chi connectivity index (χ1n) is 7.90. The van der Waals surface area contributed by atoms with Gasteiger partial charge in [0, 0.05) is 7.11 Å². The highest BCUT2D eigenvalue weighted by atomic mass is 31.2. The molecule has 0 spiro atoms. The van der Waals surface area contributed by atoms with Crippen LogP contribution in [0.5, 0.6) is 0 Å². The predicted molar refractivity (Wildman–Crippen MR) is 79.9 cm³/mol. The summed E-state index contributed by atoms with van der Waals surface area (Å²) in [5, 5.41) is 0. The van der Waals surface area contributed by atoms with E-state index in [1.165, 1.54) is 21.0 Å². The molecule has 0 aromatic heterocycles. The first-order chi connectivity index (χ1) is 11.1. The van der Waals surface area contributed by atoms with Crippen LogP contribution in [0.1, 0.15) is 34.1 Å². The van der Waals surface area contributed by atoms with Crippen molar-refractivity contribution in [2.24, 2.45) is 0 Å². The molecule has 4 atom stereocenters. The van der Waals surface area contributed by atoms with Crippen LogP contribution < -0.4 is 0 Å². The summed E-state index contributed by atoms with van der Waals surface area (Å²) in [6.07, 6.45) is -4.18. The highest BCUT2D eigenvalue weighted by Gasteiger charge is 2.61. The molecule has 24 heavy (non-hydrogen) atoms. The highest BCUT2D eigenvalue weighted by Crippen LogP contribution is 2.64. The summed E-state index contributed by atoms with van der Waals surface area (Å²) in [7, 11) is -3.23. The largest absolute Gasteiger partial charge is 0.399 e. The molecule has 0 amide bonds. The lowest BCUT2D eigenvalue weighted by molar-refractivity contribution is -0.231. The third-order valence-corrected chi connectivity index (χ3v) is 5.97. The van der Waals surface area contributed by atoms with Crippen molar-refractivity contribution in [1.29, 1.82) is 0 Å². The average Bonchev–Trinajstić information content (AvgIpc) is 2.93. The first kappa shape index (κ1) is 20.2. The van der Waals surface area contributed by atoms with Crippen molar-refractivity contribution in [3.63, 3.8) is 0 Å². The van der Waals surface area contributed by atoms with E-state index in [2.05, 4.69) is 0 Å². The van der Waals surface area contributed by atoms with E-state index in [1.54, 1.807) is 13.8 Å². The number of fused-ring (bicyclic) bond motifs is 1. The summed E-state index contributed by atoms with van der Waals surface area (Å²) in [6, 6.07) is 0. The molecule has 0 aromatic rings. The number of hydrogen-bond donors (Lipinski definition) is 0. The quantitative estimate of drug-likeness (QED) is 0.605. The van der Waals surface area contributed by atoms with E-state index in [1.807, 2.05) is 0 Å². The van der Waals surface area contributed by atoms with Gasteiger partial charge in [-0.3, -0.25) is 4.57 Å². The van der Waals surface area contributed by atoms with Crippen molar-refractivity contribution in [3.05, 3.63) is 0 Å². The number of hydrogen-bond acceptors (Lipinski definition) is 7. The monoisotopic (exact) mass is 374 g/mol. The maximum atomic E-state index is 14.6. The van der Waals surface area contributed by atoms with Crippen LogP contribution in [0, 0.1) is 0 Å². The zero-order chi connectivity index (χ0) is 18.2. The molecule has 10 heteroatoms. The molecule has 2 saturated heterocycles. The molecule has 7 nitrogen and oxygen atoms in total. The molecule has 0 unspecified atom stereocenters. The first-order valence-corrected chi connectivity index (χ1v) is 9.44. The Morgan fingerprint density at radius 2 is 1.67 bits per heavy atom. The summed E-state index contributed by atoms with van der Waals surface area (Å²) in [5.74, 6) is -0.938. The Balaban J connectivity index is 2.17. The van der Waals surface area contributed by atoms with E-state index < -0.39 is 50.1 Å². The third-order valence-electron chi connectivity index (χ3n) is 3.79. The molecule has 2 heterocycles. The fourth-order valence-electron chi connectivity index (χ4n) is 2.92. The van der Waals surface area contributed by atoms with E-state index in [9.17, 15) is 13.3 Å². The van der Waals surface area contributed by atoms with Crippen LogP contribution in [-0.4, -0.2) is 56.4 Å². The third kappa shape index (κ3) is 3.82. The van der Waals surface area contributed by atoms with Crippen molar-refractivity contribution in [2.45, 2.75) is 70.2 Å². The summed E-state index contributed by atoms with van der Waals surface area (Å²) in [4.78, 5) is 0. The maximum Gasteiger partial charge on any atom is 0.399 e. The minimum Gasteiger partial charge on any atom is -0.353 e. The van der Waals surface area contributed by atoms with Crippen LogP contribution in [0.15, 0.2) is 0 Å². The molecule has 2 rings (SSSR count). The number of rotatable bonds is 8. The molecule has 0 saturated carbocycles. The SMILES string of the molecule is CCOP(=O)(OCC)C(F)(F)C[C@H]1O[C@@H](OC)[C@@H]2OC(C)(C)O[C@@H]21. The lowest BCUT2D eigenvalue weighted by atomic mass is 10.1. The van der Waals surface area contributed by atoms with Gasteiger partial charge in [-0.15, -0.1) is 0 Å². The van der Waals surface area contributed by atoms with Gasteiger partial charge in [-0.05, 0) is 27.7 Å². The van der Waals surface area contributed by atoms with Gasteiger partial charge in [0.2, 0.25) is 0 Å². The van der Waals surface area contributed by atoms with Crippen LogP contribution >= 0.6 is 7.60 Å². The molecule has 142 valence electrons. The average molecular weight is 374 g/mol. The highest BCUT2D eigenvalue weighted by molar-refractivity contribution is 7.55. The van der Waals surface area contributed by atoms with Gasteiger partial charge in [-0.2, -0.15) is 8.78 Å². The lowest BCUT2D eigenvalue weighted by Crippen LogP contribution is -2.35. The summed E-state index contributed by atoms with van der Waals surface area (Å²) >= 11 is 0.